The topological polar surface area (TPSA) is 106 Å². The van der Waals surface area contributed by atoms with E-state index in [9.17, 15) is 19.2 Å². The molecule has 1 fully saturated rings. The zero-order chi connectivity index (χ0) is 21.8. The Kier molecular flexibility index (Phi) is 6.69. The monoisotopic (exact) mass is 449 g/mol. The third-order valence-electron chi connectivity index (χ3n) is 4.38. The largest absolute Gasteiger partial charge is 0.452 e. The summed E-state index contributed by atoms with van der Waals surface area (Å²) in [6, 6.07) is 7.70. The first-order valence-corrected chi connectivity index (χ1v) is 9.72. The van der Waals surface area contributed by atoms with E-state index in [0.29, 0.717) is 16.3 Å². The number of nitrogens with one attached hydrogen (secondary N) is 1. The molecule has 3 amide bonds. The van der Waals surface area contributed by atoms with E-state index in [0.717, 1.165) is 0 Å². The molecule has 0 unspecified atom stereocenters. The van der Waals surface area contributed by atoms with Gasteiger partial charge in [-0.1, -0.05) is 35.3 Å². The molecule has 1 saturated heterocycles. The number of aryl methyl sites for hydroxylation is 1. The maximum atomic E-state index is 12.1. The van der Waals surface area contributed by atoms with Crippen molar-refractivity contribution in [3.05, 3.63) is 57.2 Å². The number of likely N-dealkylation sites (tertiary alicyclic amines) is 1. The van der Waals surface area contributed by atoms with Crippen LogP contribution in [0, 0.1) is 6.92 Å². The average Bonchev–Trinajstić information content (AvgIpc) is 3.03. The van der Waals surface area contributed by atoms with Crippen LogP contribution in [0.3, 0.4) is 0 Å². The number of aromatic nitrogens is 1. The molecule has 1 aliphatic heterocycles. The number of rotatable bonds is 6. The molecule has 156 valence electrons. The molecule has 0 atom stereocenters. The summed E-state index contributed by atoms with van der Waals surface area (Å²) in [7, 11) is 0. The number of ether oxygens (including phenoxy) is 1. The summed E-state index contributed by atoms with van der Waals surface area (Å²) in [5.74, 6) is -1.60. The summed E-state index contributed by atoms with van der Waals surface area (Å²) in [4.78, 5) is 52.8. The highest BCUT2D eigenvalue weighted by Crippen LogP contribution is 2.25. The van der Waals surface area contributed by atoms with Gasteiger partial charge >= 0.3 is 5.97 Å². The van der Waals surface area contributed by atoms with Gasteiger partial charge in [0, 0.05) is 12.8 Å². The van der Waals surface area contributed by atoms with Crippen LogP contribution in [-0.2, 0) is 25.7 Å². The van der Waals surface area contributed by atoms with Crippen LogP contribution in [0.2, 0.25) is 10.0 Å². The van der Waals surface area contributed by atoms with Gasteiger partial charge in [-0.15, -0.1) is 0 Å². The Labute approximate surface area is 182 Å². The summed E-state index contributed by atoms with van der Waals surface area (Å²) in [6.07, 6.45) is 0.448. The molecule has 0 saturated carbocycles. The number of imide groups is 1. The molecule has 2 aromatic rings. The van der Waals surface area contributed by atoms with Crippen LogP contribution in [-0.4, -0.2) is 40.2 Å². The van der Waals surface area contributed by atoms with Crippen molar-refractivity contribution in [3.63, 3.8) is 0 Å². The van der Waals surface area contributed by atoms with E-state index in [1.165, 1.54) is 23.1 Å². The molecule has 0 spiro atoms. The quantitative estimate of drug-likeness (QED) is 0.536. The van der Waals surface area contributed by atoms with Gasteiger partial charge in [0.2, 0.25) is 11.8 Å². The highest BCUT2D eigenvalue weighted by atomic mass is 35.5. The molecule has 0 aliphatic carbocycles. The molecule has 30 heavy (non-hydrogen) atoms. The first-order valence-electron chi connectivity index (χ1n) is 8.96. The Bertz CT molecular complexity index is 1010. The molecule has 1 aromatic carbocycles. The smallest absolute Gasteiger partial charge is 0.338 e. The minimum absolute atomic E-state index is 0.120. The van der Waals surface area contributed by atoms with Crippen molar-refractivity contribution in [1.82, 2.24) is 9.88 Å². The van der Waals surface area contributed by atoms with Gasteiger partial charge < -0.3 is 10.1 Å². The van der Waals surface area contributed by atoms with Crippen molar-refractivity contribution in [1.29, 1.82) is 0 Å². The molecule has 3 rings (SSSR count). The van der Waals surface area contributed by atoms with Gasteiger partial charge in [0.15, 0.2) is 12.4 Å². The molecule has 1 N–H and O–H groups in total. The number of hydrogen-bond acceptors (Lipinski definition) is 6. The molecule has 10 heteroatoms. The fourth-order valence-corrected chi connectivity index (χ4v) is 3.16. The molecule has 1 aliphatic rings. The number of pyridine rings is 1. The molecule has 1 aromatic heterocycles. The lowest BCUT2D eigenvalue weighted by Crippen LogP contribution is -2.28. The minimum Gasteiger partial charge on any atom is -0.452 e. The fourth-order valence-electron chi connectivity index (χ4n) is 2.76. The number of carbonyl (C=O) groups is 4. The number of benzene rings is 1. The van der Waals surface area contributed by atoms with Crippen LogP contribution in [0.25, 0.3) is 0 Å². The van der Waals surface area contributed by atoms with E-state index < -0.39 is 18.5 Å². The van der Waals surface area contributed by atoms with E-state index in [4.69, 9.17) is 27.9 Å². The van der Waals surface area contributed by atoms with E-state index in [2.05, 4.69) is 10.3 Å². The number of amides is 3. The van der Waals surface area contributed by atoms with Crippen molar-refractivity contribution in [2.75, 3.05) is 11.9 Å². The van der Waals surface area contributed by atoms with Crippen molar-refractivity contribution >= 4 is 52.7 Å². The van der Waals surface area contributed by atoms with E-state index >= 15 is 0 Å². The number of esters is 1. The maximum Gasteiger partial charge on any atom is 0.338 e. The number of carbonyl (C=O) groups excluding carboxylic acids is 4. The van der Waals surface area contributed by atoms with Crippen molar-refractivity contribution < 1.29 is 23.9 Å². The minimum atomic E-state index is -0.698. The second-order valence-electron chi connectivity index (χ2n) is 6.58. The number of halogens is 2. The Morgan fingerprint density at radius 1 is 1.10 bits per heavy atom. The van der Waals surface area contributed by atoms with Crippen LogP contribution in [0.1, 0.15) is 34.5 Å². The van der Waals surface area contributed by atoms with Crippen LogP contribution < -0.4 is 5.32 Å². The fraction of sp³-hybridized carbons (Fsp3) is 0.250. The zero-order valence-electron chi connectivity index (χ0n) is 15.9. The van der Waals surface area contributed by atoms with Gasteiger partial charge in [0.1, 0.15) is 0 Å². The van der Waals surface area contributed by atoms with Crippen LogP contribution in [0.5, 0.6) is 0 Å². The highest BCUT2D eigenvalue weighted by Gasteiger charge is 2.28. The van der Waals surface area contributed by atoms with Gasteiger partial charge in [-0.2, -0.15) is 0 Å². The lowest BCUT2D eigenvalue weighted by Gasteiger charge is -2.13. The maximum absolute atomic E-state index is 12.1. The Morgan fingerprint density at radius 2 is 1.73 bits per heavy atom. The molecule has 8 nitrogen and oxygen atoms in total. The van der Waals surface area contributed by atoms with Gasteiger partial charge in [-0.25, -0.2) is 9.78 Å². The first-order chi connectivity index (χ1) is 14.2. The second-order valence-corrected chi connectivity index (χ2v) is 7.40. The summed E-state index contributed by atoms with van der Waals surface area (Å²) >= 11 is 11.9. The molecule has 0 radical (unpaired) electrons. The third-order valence-corrected chi connectivity index (χ3v) is 5.05. The van der Waals surface area contributed by atoms with Crippen LogP contribution >= 0.6 is 23.2 Å². The third kappa shape index (κ3) is 5.14. The first kappa shape index (κ1) is 21.7. The van der Waals surface area contributed by atoms with E-state index in [-0.39, 0.29) is 47.6 Å². The predicted octanol–water partition coefficient (Wildman–Crippen LogP) is 3.14. The summed E-state index contributed by atoms with van der Waals surface area (Å²) < 4.78 is 5.00. The summed E-state index contributed by atoms with van der Waals surface area (Å²) in [6.45, 7) is 1.29. The van der Waals surface area contributed by atoms with Gasteiger partial charge in [0.05, 0.1) is 27.8 Å². The standard InChI is InChI=1S/C20H17Cl2N3O5/c1-11-14(21)8-15(22)19(23-11)24-16(26)10-30-20(29)13-4-2-12(3-5-13)9-25-17(27)6-7-18(25)28/h2-5,8H,6-7,9-10H2,1H3,(H,23,24,26). The normalized spacial score (nSPS) is 13.5. The number of anilines is 1. The lowest BCUT2D eigenvalue weighted by atomic mass is 10.1. The Balaban J connectivity index is 1.53. The molecule has 0 bridgehead atoms. The Morgan fingerprint density at radius 3 is 2.37 bits per heavy atom. The number of hydrogen-bond donors (Lipinski definition) is 1. The van der Waals surface area contributed by atoms with Gasteiger partial charge in [-0.3, -0.25) is 19.3 Å². The number of nitrogens with zero attached hydrogens (tertiary/aromatic N) is 2. The van der Waals surface area contributed by atoms with E-state index in [1.807, 2.05) is 0 Å². The van der Waals surface area contributed by atoms with Crippen LogP contribution in [0.4, 0.5) is 5.82 Å². The van der Waals surface area contributed by atoms with Crippen molar-refractivity contribution in [3.8, 4) is 0 Å². The predicted molar refractivity (Wildman–Crippen MR) is 109 cm³/mol. The zero-order valence-corrected chi connectivity index (χ0v) is 17.4. The second kappa shape index (κ2) is 9.23. The van der Waals surface area contributed by atoms with Gasteiger partial charge in [-0.05, 0) is 30.7 Å². The summed E-state index contributed by atoms with van der Waals surface area (Å²) in [5.41, 5.74) is 1.42. The lowest BCUT2D eigenvalue weighted by molar-refractivity contribution is -0.139. The summed E-state index contributed by atoms with van der Waals surface area (Å²) in [5, 5.41) is 2.99. The Hall–Kier alpha value is -2.97. The van der Waals surface area contributed by atoms with Crippen LogP contribution in [0.15, 0.2) is 30.3 Å². The van der Waals surface area contributed by atoms with Crippen molar-refractivity contribution in [2.45, 2.75) is 26.3 Å². The SMILES string of the molecule is Cc1nc(NC(=O)COC(=O)c2ccc(CN3C(=O)CCC3=O)cc2)c(Cl)cc1Cl. The molecular weight excluding hydrogens is 433 g/mol. The highest BCUT2D eigenvalue weighted by molar-refractivity contribution is 6.36. The van der Waals surface area contributed by atoms with E-state index in [1.54, 1.807) is 19.1 Å². The average molecular weight is 450 g/mol. The van der Waals surface area contributed by atoms with Gasteiger partial charge in [0.25, 0.3) is 5.91 Å². The molecule has 2 heterocycles. The van der Waals surface area contributed by atoms with Crippen molar-refractivity contribution in [2.24, 2.45) is 0 Å². The molecular formula is C20H17Cl2N3O5.